The molecule has 18 heteroatoms. The number of rotatable bonds is 9. The molecule has 0 amide bonds. The summed E-state index contributed by atoms with van der Waals surface area (Å²) in [5.41, 5.74) is -0.312. The van der Waals surface area contributed by atoms with E-state index in [9.17, 15) is 60.7 Å². The fourth-order valence-electron chi connectivity index (χ4n) is 14.9. The fraction of sp³-hybridized carbons (Fsp3) is 0.917. The van der Waals surface area contributed by atoms with E-state index < -0.39 is 116 Å². The number of aliphatic hydroxyl groups excluding tert-OH is 9. The van der Waals surface area contributed by atoms with E-state index in [-0.39, 0.29) is 51.4 Å². The molecule has 0 aromatic carbocycles. The first kappa shape index (κ1) is 50.7. The highest BCUT2D eigenvalue weighted by Gasteiger charge is 2.70. The summed E-state index contributed by atoms with van der Waals surface area (Å²) in [5.74, 6) is -0.849. The van der Waals surface area contributed by atoms with Gasteiger partial charge in [0, 0.05) is 17.3 Å². The van der Waals surface area contributed by atoms with Crippen molar-refractivity contribution in [2.24, 2.45) is 50.2 Å². The Balaban J connectivity index is 1.01. The average Bonchev–Trinajstić information content (AvgIpc) is 3.25. The minimum absolute atomic E-state index is 0.0490. The van der Waals surface area contributed by atoms with Crippen LogP contribution in [-0.2, 0) is 38.0 Å². The lowest BCUT2D eigenvalue weighted by Crippen LogP contribution is -2.68. The van der Waals surface area contributed by atoms with Gasteiger partial charge in [0.05, 0.1) is 25.4 Å². The molecule has 18 nitrogen and oxygen atoms in total. The first-order chi connectivity index (χ1) is 30.7. The van der Waals surface area contributed by atoms with Gasteiger partial charge in [-0.3, -0.25) is 4.79 Å². The summed E-state index contributed by atoms with van der Waals surface area (Å²) in [7, 11) is 0. The third-order valence-corrected chi connectivity index (χ3v) is 19.2. The Labute approximate surface area is 386 Å². The van der Waals surface area contributed by atoms with Crippen LogP contribution < -0.4 is 0 Å². The van der Waals surface area contributed by atoms with Crippen molar-refractivity contribution >= 4 is 11.8 Å². The number of ether oxygens (including phenoxy) is 6. The number of carbonyl (C=O) groups excluding carboxylic acids is 1. The van der Waals surface area contributed by atoms with Gasteiger partial charge in [-0.15, -0.1) is 0 Å². The van der Waals surface area contributed by atoms with Gasteiger partial charge in [0.15, 0.2) is 25.0 Å². The van der Waals surface area contributed by atoms with E-state index >= 15 is 0 Å². The van der Waals surface area contributed by atoms with Crippen molar-refractivity contribution in [2.45, 2.75) is 211 Å². The van der Waals surface area contributed by atoms with Gasteiger partial charge in [0.1, 0.15) is 66.8 Å². The SMILES string of the molecule is C[C@@H]1O[C@@H](O[C@H]2[C@H](O[C@H]3[C@H](O)[C@@H](O)[C@H](O[C@H]4CC[C@@]5(C)[C@@H](CC[C@]6(C)[C@@H]5CC=C5[C@@H]7CC(C)(C)CC(=O)[C@]7(C)CC[C@]56C)[C@@]4(C)CO)O[C@@H]3C(=O)O)O[C@H](CO)[C@@H](O)[C@@H]2O)[C@H](O)[C@H](O)[C@H]1O. The van der Waals surface area contributed by atoms with Crippen molar-refractivity contribution in [1.29, 1.82) is 0 Å². The van der Waals surface area contributed by atoms with Crippen LogP contribution >= 0.6 is 0 Å². The van der Waals surface area contributed by atoms with Crippen molar-refractivity contribution in [2.75, 3.05) is 13.2 Å². The summed E-state index contributed by atoms with van der Waals surface area (Å²) in [6.07, 6.45) is -17.7. The molecule has 0 aromatic rings. The van der Waals surface area contributed by atoms with Crippen molar-refractivity contribution < 1.29 is 89.1 Å². The number of hydrogen-bond donors (Lipinski definition) is 10. The number of fused-ring (bicyclic) bond motifs is 7. The largest absolute Gasteiger partial charge is 0.479 e. The highest BCUT2D eigenvalue weighted by Crippen LogP contribution is 2.75. The number of hydrogen-bond acceptors (Lipinski definition) is 17. The lowest BCUT2D eigenvalue weighted by Gasteiger charge is -2.71. The summed E-state index contributed by atoms with van der Waals surface area (Å²) in [6.45, 7) is 16.1. The summed E-state index contributed by atoms with van der Waals surface area (Å²) in [4.78, 5) is 26.7. The van der Waals surface area contributed by atoms with Crippen molar-refractivity contribution in [3.8, 4) is 0 Å². The molecule has 4 saturated carbocycles. The summed E-state index contributed by atoms with van der Waals surface area (Å²) in [5, 5.41) is 108. The molecule has 7 fully saturated rings. The highest BCUT2D eigenvalue weighted by molar-refractivity contribution is 5.87. The maximum Gasteiger partial charge on any atom is 0.335 e. The molecule has 8 aliphatic rings. The molecule has 24 atom stereocenters. The maximum absolute atomic E-state index is 13.8. The monoisotopic (exact) mass is 941 g/mol. The molecule has 376 valence electrons. The Morgan fingerprint density at radius 1 is 0.712 bits per heavy atom. The lowest BCUT2D eigenvalue weighted by atomic mass is 9.33. The quantitative estimate of drug-likeness (QED) is 0.114. The molecule has 5 aliphatic carbocycles. The molecular weight excluding hydrogens is 865 g/mol. The molecule has 0 unspecified atom stereocenters. The standard InChI is InChI=1S/C48H76O18/c1-21-29(52)31(54)34(57)40(61-21)65-37-32(55)30(53)24(19-49)62-42(37)64-36-33(56)35(58)41(66-38(36)39(59)60)63-28-12-13-45(5)25(46(28,6)20-50)11-14-48(8)26(45)10-9-22-23-17-43(2,3)18-27(51)44(23,4)15-16-47(22,48)7/h9,21,23-26,28-38,40-42,49-50,52-58H,10-20H2,1-8H3,(H,59,60)/t21-,23-,24+,25+,26+,28-,29-,30+,31+,32-,33+,34+,35+,36-,37+,38-,40-,41+,42-,44+,45-,46+,47+,48+/m0/s1. The van der Waals surface area contributed by atoms with Crippen LogP contribution in [0.5, 0.6) is 0 Å². The Bertz CT molecular complexity index is 1860. The molecule has 0 bridgehead atoms. The molecule has 0 radical (unpaired) electrons. The van der Waals surface area contributed by atoms with Crippen molar-refractivity contribution in [1.82, 2.24) is 0 Å². The van der Waals surface area contributed by atoms with Crippen molar-refractivity contribution in [3.05, 3.63) is 11.6 Å². The van der Waals surface area contributed by atoms with Gasteiger partial charge in [-0.2, -0.15) is 0 Å². The minimum atomic E-state index is -2.03. The van der Waals surface area contributed by atoms with Gasteiger partial charge in [-0.1, -0.05) is 60.1 Å². The van der Waals surface area contributed by atoms with Crippen LogP contribution in [0.3, 0.4) is 0 Å². The van der Waals surface area contributed by atoms with E-state index in [1.54, 1.807) is 0 Å². The second-order valence-electron chi connectivity index (χ2n) is 23.4. The highest BCUT2D eigenvalue weighted by atomic mass is 16.8. The predicted molar refractivity (Wildman–Crippen MR) is 230 cm³/mol. The topological polar surface area (TPSA) is 292 Å². The summed E-state index contributed by atoms with van der Waals surface area (Å²) in [6, 6.07) is 0. The van der Waals surface area contributed by atoms with Gasteiger partial charge in [0.2, 0.25) is 0 Å². The fourth-order valence-corrected chi connectivity index (χ4v) is 14.9. The minimum Gasteiger partial charge on any atom is -0.479 e. The van der Waals surface area contributed by atoms with E-state index in [0.717, 1.165) is 38.5 Å². The molecule has 3 heterocycles. The molecule has 3 aliphatic heterocycles. The third kappa shape index (κ3) is 7.70. The Morgan fingerprint density at radius 2 is 1.35 bits per heavy atom. The molecule has 3 saturated heterocycles. The van der Waals surface area contributed by atoms with Crippen LogP contribution in [0.25, 0.3) is 0 Å². The zero-order chi connectivity index (χ0) is 48.4. The molecular formula is C48H76O18. The molecule has 0 spiro atoms. The second-order valence-corrected chi connectivity index (χ2v) is 23.4. The Hall–Kier alpha value is -1.72. The molecule has 8 rings (SSSR count). The van der Waals surface area contributed by atoms with E-state index in [4.69, 9.17) is 28.4 Å². The van der Waals surface area contributed by atoms with Gasteiger partial charge in [-0.25, -0.2) is 4.79 Å². The number of carbonyl (C=O) groups is 2. The zero-order valence-corrected chi connectivity index (χ0v) is 39.6. The molecule has 10 N–H and O–H groups in total. The third-order valence-electron chi connectivity index (χ3n) is 19.2. The number of ketones is 1. The van der Waals surface area contributed by atoms with E-state index in [1.807, 2.05) is 6.92 Å². The van der Waals surface area contributed by atoms with E-state index in [0.29, 0.717) is 25.0 Å². The molecule has 0 aromatic heterocycles. The van der Waals surface area contributed by atoms with Gasteiger partial charge in [-0.05, 0) is 97.7 Å². The van der Waals surface area contributed by atoms with Gasteiger partial charge < -0.3 is 79.5 Å². The van der Waals surface area contributed by atoms with Crippen LogP contribution in [0.4, 0.5) is 0 Å². The predicted octanol–water partition coefficient (Wildman–Crippen LogP) is 0.913. The van der Waals surface area contributed by atoms with Gasteiger partial charge in [0.25, 0.3) is 0 Å². The number of Topliss-reactive ketones (excluding diaryl/α,β-unsaturated/α-hetero) is 1. The maximum atomic E-state index is 13.8. The zero-order valence-electron chi connectivity index (χ0n) is 39.6. The first-order valence-electron chi connectivity index (χ1n) is 24.1. The number of carboxylic acid groups (broad SMARTS) is 1. The van der Waals surface area contributed by atoms with Gasteiger partial charge >= 0.3 is 5.97 Å². The van der Waals surface area contributed by atoms with Crippen LogP contribution in [0.1, 0.15) is 113 Å². The summed E-state index contributed by atoms with van der Waals surface area (Å²) >= 11 is 0. The Morgan fingerprint density at radius 3 is 2.00 bits per heavy atom. The Kier molecular flexibility index (Phi) is 13.5. The van der Waals surface area contributed by atoms with E-state index in [1.165, 1.54) is 12.5 Å². The first-order valence-corrected chi connectivity index (χ1v) is 24.1. The number of aliphatic hydroxyl groups is 9. The lowest BCUT2D eigenvalue weighted by molar-refractivity contribution is -0.388. The van der Waals surface area contributed by atoms with Crippen molar-refractivity contribution in [3.63, 3.8) is 0 Å². The number of allylic oxidation sites excluding steroid dienone is 2. The average molecular weight is 941 g/mol. The smallest absolute Gasteiger partial charge is 0.335 e. The van der Waals surface area contributed by atoms with Crippen LogP contribution in [0.15, 0.2) is 11.6 Å². The second kappa shape index (κ2) is 17.5. The number of carboxylic acids is 1. The molecule has 66 heavy (non-hydrogen) atoms. The number of aliphatic carboxylic acids is 1. The van der Waals surface area contributed by atoms with E-state index in [2.05, 4.69) is 47.6 Å². The van der Waals surface area contributed by atoms with Crippen LogP contribution in [0.2, 0.25) is 0 Å². The summed E-state index contributed by atoms with van der Waals surface area (Å²) < 4.78 is 35.3. The van der Waals surface area contributed by atoms with Crippen LogP contribution in [-0.4, -0.2) is 174 Å². The van der Waals surface area contributed by atoms with Crippen LogP contribution in [0, 0.1) is 50.2 Å². The normalized spacial score (nSPS) is 54.8.